The molecule has 1 aliphatic rings. The third kappa shape index (κ3) is 3.80. The predicted molar refractivity (Wildman–Crippen MR) is 81.4 cm³/mol. The van der Waals surface area contributed by atoms with Crippen LogP contribution in [-0.4, -0.2) is 37.5 Å². The number of nitrogens with one attached hydrogen (secondary N) is 1. The second kappa shape index (κ2) is 6.53. The first-order chi connectivity index (χ1) is 9.08. The number of benzene rings is 1. The Morgan fingerprint density at radius 1 is 1.42 bits per heavy atom. The Bertz CT molecular complexity index is 455. The molecule has 0 atom stereocenters. The Morgan fingerprint density at radius 3 is 2.74 bits per heavy atom. The molecule has 0 aromatic heterocycles. The minimum absolute atomic E-state index is 0.110. The predicted octanol–water partition coefficient (Wildman–Crippen LogP) is 2.83. The third-order valence-electron chi connectivity index (χ3n) is 3.76. The number of nitrogens with zero attached hydrogens (tertiary/aromatic N) is 1. The molecule has 1 saturated heterocycles. The molecule has 0 bridgehead atoms. The second-order valence-corrected chi connectivity index (χ2v) is 6.20. The van der Waals surface area contributed by atoms with Crippen molar-refractivity contribution in [2.75, 3.05) is 26.7 Å². The van der Waals surface area contributed by atoms with Crippen molar-refractivity contribution in [1.29, 1.82) is 0 Å². The molecule has 1 aromatic rings. The Morgan fingerprint density at radius 2 is 2.11 bits per heavy atom. The molecule has 0 radical (unpaired) electrons. The van der Waals surface area contributed by atoms with Crippen molar-refractivity contribution in [2.45, 2.75) is 19.8 Å². The molecular weight excluding hydrogens is 304 g/mol. The normalized spacial score (nSPS) is 16.4. The average molecular weight is 325 g/mol. The summed E-state index contributed by atoms with van der Waals surface area (Å²) in [5, 5.41) is 3.35. The molecule has 0 spiro atoms. The second-order valence-electron chi connectivity index (χ2n) is 5.34. The van der Waals surface area contributed by atoms with E-state index in [9.17, 15) is 4.79 Å². The van der Waals surface area contributed by atoms with Gasteiger partial charge in [0.2, 0.25) is 0 Å². The van der Waals surface area contributed by atoms with Gasteiger partial charge in [0.15, 0.2) is 0 Å². The van der Waals surface area contributed by atoms with Gasteiger partial charge in [0.25, 0.3) is 5.91 Å². The molecule has 1 amide bonds. The van der Waals surface area contributed by atoms with Crippen LogP contribution in [-0.2, 0) is 0 Å². The highest BCUT2D eigenvalue weighted by Gasteiger charge is 2.19. The largest absolute Gasteiger partial charge is 0.341 e. The molecule has 0 saturated carbocycles. The fourth-order valence-corrected chi connectivity index (χ4v) is 2.86. The highest BCUT2D eigenvalue weighted by Crippen LogP contribution is 2.19. The summed E-state index contributed by atoms with van der Waals surface area (Å²) >= 11 is 3.48. The van der Waals surface area contributed by atoms with E-state index in [1.165, 1.54) is 0 Å². The number of hydrogen-bond acceptors (Lipinski definition) is 2. The van der Waals surface area contributed by atoms with Crippen LogP contribution in [0.2, 0.25) is 0 Å². The summed E-state index contributed by atoms with van der Waals surface area (Å²) in [6, 6.07) is 5.80. The van der Waals surface area contributed by atoms with Crippen LogP contribution in [0.4, 0.5) is 0 Å². The summed E-state index contributed by atoms with van der Waals surface area (Å²) in [7, 11) is 1.90. The van der Waals surface area contributed by atoms with Crippen LogP contribution >= 0.6 is 15.9 Å². The van der Waals surface area contributed by atoms with Crippen molar-refractivity contribution < 1.29 is 4.79 Å². The van der Waals surface area contributed by atoms with Crippen LogP contribution in [0.3, 0.4) is 0 Å². The molecule has 104 valence electrons. The number of hydrogen-bond donors (Lipinski definition) is 1. The summed E-state index contributed by atoms with van der Waals surface area (Å²) in [5.74, 6) is 0.739. The highest BCUT2D eigenvalue weighted by atomic mass is 79.9. The zero-order chi connectivity index (χ0) is 13.8. The highest BCUT2D eigenvalue weighted by molar-refractivity contribution is 9.10. The molecule has 1 aliphatic heterocycles. The van der Waals surface area contributed by atoms with E-state index in [2.05, 4.69) is 21.2 Å². The smallest absolute Gasteiger partial charge is 0.253 e. The van der Waals surface area contributed by atoms with Gasteiger partial charge in [-0.05, 0) is 56.5 Å². The van der Waals surface area contributed by atoms with E-state index in [0.29, 0.717) is 5.92 Å². The molecule has 0 aliphatic carbocycles. The van der Waals surface area contributed by atoms with Gasteiger partial charge in [-0.3, -0.25) is 4.79 Å². The van der Waals surface area contributed by atoms with E-state index >= 15 is 0 Å². The van der Waals surface area contributed by atoms with Gasteiger partial charge < -0.3 is 10.2 Å². The van der Waals surface area contributed by atoms with E-state index in [4.69, 9.17) is 0 Å². The van der Waals surface area contributed by atoms with Gasteiger partial charge in [-0.1, -0.05) is 22.0 Å². The number of carbonyl (C=O) groups is 1. The fraction of sp³-hybridized carbons (Fsp3) is 0.533. The first-order valence-corrected chi connectivity index (χ1v) is 7.59. The maximum atomic E-state index is 12.4. The van der Waals surface area contributed by atoms with Gasteiger partial charge in [0.05, 0.1) is 0 Å². The summed E-state index contributed by atoms with van der Waals surface area (Å²) in [4.78, 5) is 14.2. The van der Waals surface area contributed by atoms with Gasteiger partial charge in [-0.15, -0.1) is 0 Å². The first kappa shape index (κ1) is 14.5. The monoisotopic (exact) mass is 324 g/mol. The molecule has 1 N–H and O–H groups in total. The minimum atomic E-state index is 0.110. The number of aryl methyl sites for hydroxylation is 1. The molecule has 4 heteroatoms. The van der Waals surface area contributed by atoms with Gasteiger partial charge in [0.1, 0.15) is 0 Å². The SMILES string of the molecule is Cc1ccc(C(=O)N(C)CC2CCNCC2)cc1Br. The van der Waals surface area contributed by atoms with Crippen LogP contribution in [0.1, 0.15) is 28.8 Å². The third-order valence-corrected chi connectivity index (χ3v) is 4.61. The number of piperidine rings is 1. The summed E-state index contributed by atoms with van der Waals surface area (Å²) < 4.78 is 0.994. The van der Waals surface area contributed by atoms with E-state index in [0.717, 1.165) is 48.1 Å². The topological polar surface area (TPSA) is 32.3 Å². The number of amides is 1. The van der Waals surface area contributed by atoms with E-state index in [1.807, 2.05) is 37.1 Å². The Labute approximate surface area is 123 Å². The average Bonchev–Trinajstić information content (AvgIpc) is 2.42. The molecule has 1 aromatic carbocycles. The molecular formula is C15H21BrN2O. The molecule has 2 rings (SSSR count). The minimum Gasteiger partial charge on any atom is -0.341 e. The van der Waals surface area contributed by atoms with Crippen LogP contribution < -0.4 is 5.32 Å². The Hall–Kier alpha value is -0.870. The van der Waals surface area contributed by atoms with Crippen molar-refractivity contribution in [2.24, 2.45) is 5.92 Å². The maximum absolute atomic E-state index is 12.4. The number of rotatable bonds is 3. The van der Waals surface area contributed by atoms with Crippen LogP contribution in [0.15, 0.2) is 22.7 Å². The molecule has 3 nitrogen and oxygen atoms in total. The van der Waals surface area contributed by atoms with Gasteiger partial charge in [-0.2, -0.15) is 0 Å². The van der Waals surface area contributed by atoms with E-state index in [1.54, 1.807) is 0 Å². The lowest BCUT2D eigenvalue weighted by molar-refractivity contribution is 0.0762. The van der Waals surface area contributed by atoms with Gasteiger partial charge >= 0.3 is 0 Å². The van der Waals surface area contributed by atoms with Crippen molar-refractivity contribution >= 4 is 21.8 Å². The van der Waals surface area contributed by atoms with Crippen LogP contribution in [0.25, 0.3) is 0 Å². The Balaban J connectivity index is 1.99. The van der Waals surface area contributed by atoms with Crippen molar-refractivity contribution in [3.05, 3.63) is 33.8 Å². The van der Waals surface area contributed by atoms with Gasteiger partial charge in [-0.25, -0.2) is 0 Å². The zero-order valence-corrected chi connectivity index (χ0v) is 13.2. The molecule has 0 unspecified atom stereocenters. The van der Waals surface area contributed by atoms with Crippen molar-refractivity contribution in [1.82, 2.24) is 10.2 Å². The molecule has 1 heterocycles. The molecule has 19 heavy (non-hydrogen) atoms. The van der Waals surface area contributed by atoms with E-state index < -0.39 is 0 Å². The summed E-state index contributed by atoms with van der Waals surface area (Å²) in [6.45, 7) is 5.02. The number of carbonyl (C=O) groups excluding carboxylic acids is 1. The maximum Gasteiger partial charge on any atom is 0.253 e. The van der Waals surface area contributed by atoms with E-state index in [-0.39, 0.29) is 5.91 Å². The van der Waals surface area contributed by atoms with Gasteiger partial charge in [0, 0.05) is 23.6 Å². The summed E-state index contributed by atoms with van der Waals surface area (Å²) in [6.07, 6.45) is 2.32. The zero-order valence-electron chi connectivity index (χ0n) is 11.6. The standard InChI is InChI=1S/C15H21BrN2O/c1-11-3-4-13(9-14(11)16)15(19)18(2)10-12-5-7-17-8-6-12/h3-4,9,12,17H,5-8,10H2,1-2H3. The first-order valence-electron chi connectivity index (χ1n) is 6.80. The lowest BCUT2D eigenvalue weighted by Gasteiger charge is -2.27. The quantitative estimate of drug-likeness (QED) is 0.927. The lowest BCUT2D eigenvalue weighted by atomic mass is 9.97. The fourth-order valence-electron chi connectivity index (χ4n) is 2.48. The van der Waals surface area contributed by atoms with Crippen molar-refractivity contribution in [3.63, 3.8) is 0 Å². The Kier molecular flexibility index (Phi) is 4.99. The van der Waals surface area contributed by atoms with Crippen LogP contribution in [0.5, 0.6) is 0 Å². The van der Waals surface area contributed by atoms with Crippen molar-refractivity contribution in [3.8, 4) is 0 Å². The summed E-state index contributed by atoms with van der Waals surface area (Å²) in [5.41, 5.74) is 1.91. The number of halogens is 1. The van der Waals surface area contributed by atoms with Crippen LogP contribution in [0, 0.1) is 12.8 Å². The lowest BCUT2D eigenvalue weighted by Crippen LogP contribution is -2.37. The molecule has 1 fully saturated rings.